The van der Waals surface area contributed by atoms with E-state index in [0.29, 0.717) is 12.8 Å². The maximum atomic E-state index is 11.9. The van der Waals surface area contributed by atoms with Crippen LogP contribution in [-0.4, -0.2) is 19.1 Å². The number of hydrogen-bond acceptors (Lipinski definition) is 3. The van der Waals surface area contributed by atoms with Crippen LogP contribution in [0.4, 0.5) is 0 Å². The number of methoxy groups -OCH3 is 1. The standard InChI is InChI=1S/C19H25NO3/c1-4-15(5-2)20-19(21)13-11-17-10-12-18(23-17)14-6-8-16(22-3)9-7-14/h6-10,12,15H,4-5,11,13H2,1-3H3,(H,20,21). The SMILES string of the molecule is CCC(CC)NC(=O)CCc1ccc(-c2ccc(OC)cc2)o1. The molecule has 0 aliphatic carbocycles. The molecule has 23 heavy (non-hydrogen) atoms. The Labute approximate surface area is 137 Å². The lowest BCUT2D eigenvalue weighted by molar-refractivity contribution is -0.121. The average molecular weight is 315 g/mol. The smallest absolute Gasteiger partial charge is 0.220 e. The summed E-state index contributed by atoms with van der Waals surface area (Å²) in [5.74, 6) is 2.54. The van der Waals surface area contributed by atoms with Gasteiger partial charge in [0.05, 0.1) is 7.11 Å². The zero-order valence-electron chi connectivity index (χ0n) is 14.1. The first-order chi connectivity index (χ1) is 11.2. The van der Waals surface area contributed by atoms with Crippen molar-refractivity contribution in [1.29, 1.82) is 0 Å². The molecule has 1 aromatic heterocycles. The van der Waals surface area contributed by atoms with Crippen LogP contribution in [0.1, 0.15) is 38.9 Å². The lowest BCUT2D eigenvalue weighted by atomic mass is 10.1. The lowest BCUT2D eigenvalue weighted by Gasteiger charge is -2.14. The predicted molar refractivity (Wildman–Crippen MR) is 91.5 cm³/mol. The molecule has 0 aliphatic heterocycles. The normalized spacial score (nSPS) is 10.8. The molecule has 1 amide bonds. The Kier molecular flexibility index (Phi) is 6.27. The molecule has 124 valence electrons. The van der Waals surface area contributed by atoms with Crippen LogP contribution in [0, 0.1) is 0 Å². The second-order valence-corrected chi connectivity index (χ2v) is 5.58. The van der Waals surface area contributed by atoms with Crippen LogP contribution in [0.25, 0.3) is 11.3 Å². The van der Waals surface area contributed by atoms with Crippen LogP contribution < -0.4 is 10.1 Å². The van der Waals surface area contributed by atoms with Gasteiger partial charge in [-0.05, 0) is 49.2 Å². The van der Waals surface area contributed by atoms with E-state index in [1.807, 2.05) is 36.4 Å². The number of nitrogens with one attached hydrogen (secondary N) is 1. The quantitative estimate of drug-likeness (QED) is 0.794. The number of hydrogen-bond donors (Lipinski definition) is 1. The van der Waals surface area contributed by atoms with Gasteiger partial charge in [0.15, 0.2) is 0 Å². The molecular weight excluding hydrogens is 290 g/mol. The van der Waals surface area contributed by atoms with E-state index in [9.17, 15) is 4.79 Å². The molecule has 0 spiro atoms. The predicted octanol–water partition coefficient (Wildman–Crippen LogP) is 4.19. The molecule has 0 saturated heterocycles. The summed E-state index contributed by atoms with van der Waals surface area (Å²) in [5, 5.41) is 3.04. The third-order valence-electron chi connectivity index (χ3n) is 3.99. The van der Waals surface area contributed by atoms with Crippen molar-refractivity contribution in [2.24, 2.45) is 0 Å². The highest BCUT2D eigenvalue weighted by Gasteiger charge is 2.10. The van der Waals surface area contributed by atoms with Gasteiger partial charge in [-0.3, -0.25) is 4.79 Å². The molecular formula is C19H25NO3. The third-order valence-corrected chi connectivity index (χ3v) is 3.99. The molecule has 0 saturated carbocycles. The number of rotatable bonds is 8. The maximum Gasteiger partial charge on any atom is 0.220 e. The van der Waals surface area contributed by atoms with Gasteiger partial charge in [-0.1, -0.05) is 13.8 Å². The Morgan fingerprint density at radius 1 is 1.13 bits per heavy atom. The van der Waals surface area contributed by atoms with Crippen molar-refractivity contribution in [1.82, 2.24) is 5.32 Å². The van der Waals surface area contributed by atoms with E-state index in [2.05, 4.69) is 19.2 Å². The van der Waals surface area contributed by atoms with Gasteiger partial charge in [0, 0.05) is 24.4 Å². The number of aryl methyl sites for hydroxylation is 1. The van der Waals surface area contributed by atoms with E-state index in [0.717, 1.165) is 35.7 Å². The van der Waals surface area contributed by atoms with Crippen molar-refractivity contribution < 1.29 is 13.9 Å². The van der Waals surface area contributed by atoms with Gasteiger partial charge in [0.25, 0.3) is 0 Å². The summed E-state index contributed by atoms with van der Waals surface area (Å²) in [7, 11) is 1.65. The summed E-state index contributed by atoms with van der Waals surface area (Å²) in [6, 6.07) is 11.9. The molecule has 0 atom stereocenters. The second-order valence-electron chi connectivity index (χ2n) is 5.58. The van der Waals surface area contributed by atoms with Crippen LogP contribution in [0.3, 0.4) is 0 Å². The van der Waals surface area contributed by atoms with Crippen molar-refractivity contribution in [2.45, 2.75) is 45.6 Å². The highest BCUT2D eigenvalue weighted by Crippen LogP contribution is 2.24. The minimum absolute atomic E-state index is 0.0843. The van der Waals surface area contributed by atoms with Gasteiger partial charge in [0.2, 0.25) is 5.91 Å². The molecule has 0 radical (unpaired) electrons. The topological polar surface area (TPSA) is 51.5 Å². The molecule has 0 fully saturated rings. The highest BCUT2D eigenvalue weighted by molar-refractivity contribution is 5.76. The Morgan fingerprint density at radius 2 is 1.83 bits per heavy atom. The Balaban J connectivity index is 1.90. The molecule has 0 aliphatic rings. The van der Waals surface area contributed by atoms with Crippen LogP contribution >= 0.6 is 0 Å². The average Bonchev–Trinajstić information content (AvgIpc) is 3.07. The fraction of sp³-hybridized carbons (Fsp3) is 0.421. The van der Waals surface area contributed by atoms with Crippen LogP contribution in [0.15, 0.2) is 40.8 Å². The van der Waals surface area contributed by atoms with Gasteiger partial charge >= 0.3 is 0 Å². The summed E-state index contributed by atoms with van der Waals surface area (Å²) in [4.78, 5) is 11.9. The van der Waals surface area contributed by atoms with Crippen LogP contribution in [0.5, 0.6) is 5.75 Å². The van der Waals surface area contributed by atoms with E-state index < -0.39 is 0 Å². The summed E-state index contributed by atoms with van der Waals surface area (Å²) in [6.45, 7) is 4.17. The molecule has 2 aromatic rings. The summed E-state index contributed by atoms with van der Waals surface area (Å²) in [6.07, 6.45) is 2.99. The summed E-state index contributed by atoms with van der Waals surface area (Å²) in [5.41, 5.74) is 0.999. The monoisotopic (exact) mass is 315 g/mol. The number of benzene rings is 1. The lowest BCUT2D eigenvalue weighted by Crippen LogP contribution is -2.33. The van der Waals surface area contributed by atoms with Crippen LogP contribution in [-0.2, 0) is 11.2 Å². The molecule has 4 nitrogen and oxygen atoms in total. The largest absolute Gasteiger partial charge is 0.497 e. The maximum absolute atomic E-state index is 11.9. The molecule has 1 aromatic carbocycles. The van der Waals surface area contributed by atoms with Gasteiger partial charge in [0.1, 0.15) is 17.3 Å². The van der Waals surface area contributed by atoms with E-state index in [4.69, 9.17) is 9.15 Å². The highest BCUT2D eigenvalue weighted by atomic mass is 16.5. The molecule has 2 rings (SSSR count). The summed E-state index contributed by atoms with van der Waals surface area (Å²) < 4.78 is 11.0. The van der Waals surface area contributed by atoms with Gasteiger partial charge < -0.3 is 14.5 Å². The molecule has 0 bridgehead atoms. The second kappa shape index (κ2) is 8.42. The molecule has 1 heterocycles. The Hall–Kier alpha value is -2.23. The van der Waals surface area contributed by atoms with Gasteiger partial charge in [-0.25, -0.2) is 0 Å². The fourth-order valence-electron chi connectivity index (χ4n) is 2.45. The molecule has 4 heteroatoms. The first-order valence-corrected chi connectivity index (χ1v) is 8.18. The van der Waals surface area contributed by atoms with Crippen molar-refractivity contribution in [3.8, 4) is 17.1 Å². The van der Waals surface area contributed by atoms with Crippen molar-refractivity contribution in [3.05, 3.63) is 42.2 Å². The van der Waals surface area contributed by atoms with Crippen LogP contribution in [0.2, 0.25) is 0 Å². The van der Waals surface area contributed by atoms with Gasteiger partial charge in [-0.15, -0.1) is 0 Å². The van der Waals surface area contributed by atoms with E-state index in [1.54, 1.807) is 7.11 Å². The van der Waals surface area contributed by atoms with E-state index in [1.165, 1.54) is 0 Å². The zero-order valence-corrected chi connectivity index (χ0v) is 14.1. The Bertz CT molecular complexity index is 612. The first kappa shape index (κ1) is 17.1. The number of carbonyl (C=O) groups is 1. The van der Waals surface area contributed by atoms with Crippen molar-refractivity contribution in [2.75, 3.05) is 7.11 Å². The van der Waals surface area contributed by atoms with Crippen molar-refractivity contribution >= 4 is 5.91 Å². The minimum Gasteiger partial charge on any atom is -0.497 e. The number of amides is 1. The molecule has 0 unspecified atom stereocenters. The summed E-state index contributed by atoms with van der Waals surface area (Å²) >= 11 is 0. The van der Waals surface area contributed by atoms with Gasteiger partial charge in [-0.2, -0.15) is 0 Å². The fourth-order valence-corrected chi connectivity index (χ4v) is 2.45. The zero-order chi connectivity index (χ0) is 16.7. The molecule has 1 N–H and O–H groups in total. The van der Waals surface area contributed by atoms with Crippen molar-refractivity contribution in [3.63, 3.8) is 0 Å². The number of carbonyl (C=O) groups excluding carboxylic acids is 1. The number of furan rings is 1. The minimum atomic E-state index is 0.0843. The van der Waals surface area contributed by atoms with E-state index >= 15 is 0 Å². The number of ether oxygens (including phenoxy) is 1. The van der Waals surface area contributed by atoms with E-state index in [-0.39, 0.29) is 11.9 Å². The third kappa shape index (κ3) is 4.88. The Morgan fingerprint density at radius 3 is 2.43 bits per heavy atom. The first-order valence-electron chi connectivity index (χ1n) is 8.18.